The van der Waals surface area contributed by atoms with E-state index < -0.39 is 0 Å². The van der Waals surface area contributed by atoms with E-state index in [9.17, 15) is 0 Å². The number of hydrogen-bond acceptors (Lipinski definition) is 5. The molecule has 3 rings (SSSR count). The average Bonchev–Trinajstić information content (AvgIpc) is 2.61. The molecule has 5 heteroatoms. The first-order chi connectivity index (χ1) is 11.7. The predicted molar refractivity (Wildman–Crippen MR) is 96.9 cm³/mol. The highest BCUT2D eigenvalue weighted by atomic mass is 15.2. The molecule has 122 valence electrons. The molecule has 0 saturated heterocycles. The van der Waals surface area contributed by atoms with Gasteiger partial charge in [-0.3, -0.25) is 0 Å². The third kappa shape index (κ3) is 4.07. The summed E-state index contributed by atoms with van der Waals surface area (Å²) < 4.78 is 0. The highest BCUT2D eigenvalue weighted by Crippen LogP contribution is 2.19. The molecule has 0 radical (unpaired) electrons. The Balaban J connectivity index is 1.72. The largest absolute Gasteiger partial charge is 0.366 e. The molecule has 0 aliphatic heterocycles. The molecule has 0 aliphatic carbocycles. The van der Waals surface area contributed by atoms with Crippen molar-refractivity contribution in [2.24, 2.45) is 0 Å². The molecular formula is C19H21N5. The fourth-order valence-electron chi connectivity index (χ4n) is 2.58. The molecule has 5 nitrogen and oxygen atoms in total. The second kappa shape index (κ2) is 7.55. The average molecular weight is 319 g/mol. The molecule has 1 aromatic carbocycles. The maximum absolute atomic E-state index is 4.56. The molecule has 0 spiro atoms. The number of benzene rings is 1. The van der Waals surface area contributed by atoms with Gasteiger partial charge in [0.15, 0.2) is 0 Å². The quantitative estimate of drug-likeness (QED) is 0.754. The van der Waals surface area contributed by atoms with Crippen LogP contribution in [0.4, 0.5) is 11.6 Å². The van der Waals surface area contributed by atoms with Gasteiger partial charge in [-0.1, -0.05) is 36.4 Å². The van der Waals surface area contributed by atoms with Gasteiger partial charge in [0.1, 0.15) is 17.5 Å². The normalized spacial score (nSPS) is 10.4. The number of hydrogen-bond donors (Lipinski definition) is 1. The van der Waals surface area contributed by atoms with Gasteiger partial charge in [0.05, 0.1) is 0 Å². The van der Waals surface area contributed by atoms with Crippen molar-refractivity contribution in [3.05, 3.63) is 77.9 Å². The highest BCUT2D eigenvalue weighted by Gasteiger charge is 2.09. The number of anilines is 2. The minimum Gasteiger partial charge on any atom is -0.366 e. The van der Waals surface area contributed by atoms with Crippen molar-refractivity contribution in [3.8, 4) is 0 Å². The lowest BCUT2D eigenvalue weighted by Crippen LogP contribution is -2.20. The van der Waals surface area contributed by atoms with Crippen LogP contribution in [0, 0.1) is 6.92 Å². The Hall–Kier alpha value is -2.95. The lowest BCUT2D eigenvalue weighted by molar-refractivity contribution is 0.880. The fraction of sp³-hybridized carbons (Fsp3) is 0.211. The molecule has 2 heterocycles. The molecule has 3 aromatic rings. The molecule has 0 saturated carbocycles. The molecule has 0 fully saturated rings. The predicted octanol–water partition coefficient (Wildman–Crippen LogP) is 3.43. The lowest BCUT2D eigenvalue weighted by Gasteiger charge is -2.21. The van der Waals surface area contributed by atoms with Crippen LogP contribution in [0.5, 0.6) is 0 Å². The Bertz CT molecular complexity index is 789. The van der Waals surface area contributed by atoms with E-state index in [-0.39, 0.29) is 0 Å². The first kappa shape index (κ1) is 15.9. The van der Waals surface area contributed by atoms with Crippen LogP contribution in [-0.4, -0.2) is 22.0 Å². The molecular weight excluding hydrogens is 298 g/mol. The molecule has 0 bridgehead atoms. The van der Waals surface area contributed by atoms with E-state index in [2.05, 4.69) is 62.5 Å². The van der Waals surface area contributed by atoms with E-state index in [1.807, 2.05) is 31.3 Å². The first-order valence-corrected chi connectivity index (χ1v) is 7.95. The SMILES string of the molecule is Cc1nccc(NCc2cccnc2N(C)Cc2ccccc2)n1. The van der Waals surface area contributed by atoms with Crippen molar-refractivity contribution in [2.45, 2.75) is 20.0 Å². The summed E-state index contributed by atoms with van der Waals surface area (Å²) in [6.45, 7) is 3.37. The van der Waals surface area contributed by atoms with Gasteiger partial charge in [0.25, 0.3) is 0 Å². The molecule has 24 heavy (non-hydrogen) atoms. The summed E-state index contributed by atoms with van der Waals surface area (Å²) in [6.07, 6.45) is 3.59. The third-order valence-corrected chi connectivity index (χ3v) is 3.73. The van der Waals surface area contributed by atoms with E-state index in [1.165, 1.54) is 5.56 Å². The Morgan fingerprint density at radius 1 is 0.958 bits per heavy atom. The molecule has 1 N–H and O–H groups in total. The summed E-state index contributed by atoms with van der Waals surface area (Å²) in [7, 11) is 2.06. The highest BCUT2D eigenvalue weighted by molar-refractivity contribution is 5.48. The Labute approximate surface area is 142 Å². The second-order valence-electron chi connectivity index (χ2n) is 5.67. The van der Waals surface area contributed by atoms with Crippen molar-refractivity contribution in [1.82, 2.24) is 15.0 Å². The van der Waals surface area contributed by atoms with Gasteiger partial charge in [0.2, 0.25) is 0 Å². The van der Waals surface area contributed by atoms with Crippen LogP contribution < -0.4 is 10.2 Å². The van der Waals surface area contributed by atoms with E-state index >= 15 is 0 Å². The van der Waals surface area contributed by atoms with Gasteiger partial charge in [-0.05, 0) is 24.6 Å². The topological polar surface area (TPSA) is 53.9 Å². The second-order valence-corrected chi connectivity index (χ2v) is 5.67. The monoisotopic (exact) mass is 319 g/mol. The summed E-state index contributed by atoms with van der Waals surface area (Å²) in [5.41, 5.74) is 2.39. The van der Waals surface area contributed by atoms with Crippen LogP contribution in [0.15, 0.2) is 60.9 Å². The Morgan fingerprint density at radius 3 is 2.58 bits per heavy atom. The van der Waals surface area contributed by atoms with Crippen molar-refractivity contribution < 1.29 is 0 Å². The zero-order chi connectivity index (χ0) is 16.8. The minimum atomic E-state index is 0.665. The molecule has 0 unspecified atom stereocenters. The van der Waals surface area contributed by atoms with Crippen LogP contribution in [0.2, 0.25) is 0 Å². The minimum absolute atomic E-state index is 0.665. The van der Waals surface area contributed by atoms with Crippen molar-refractivity contribution in [1.29, 1.82) is 0 Å². The zero-order valence-electron chi connectivity index (χ0n) is 14.0. The number of pyridine rings is 1. The number of aryl methyl sites for hydroxylation is 1. The van der Waals surface area contributed by atoms with Gasteiger partial charge in [-0.15, -0.1) is 0 Å². The van der Waals surface area contributed by atoms with Gasteiger partial charge < -0.3 is 10.2 Å². The fourth-order valence-corrected chi connectivity index (χ4v) is 2.58. The van der Waals surface area contributed by atoms with Gasteiger partial charge >= 0.3 is 0 Å². The maximum atomic E-state index is 4.56. The summed E-state index contributed by atoms with van der Waals surface area (Å²) in [4.78, 5) is 15.2. The van der Waals surface area contributed by atoms with E-state index in [0.717, 1.165) is 29.6 Å². The van der Waals surface area contributed by atoms with Crippen LogP contribution in [0.1, 0.15) is 17.0 Å². The molecule has 0 amide bonds. The number of nitrogens with zero attached hydrogens (tertiary/aromatic N) is 4. The van der Waals surface area contributed by atoms with Gasteiger partial charge in [-0.2, -0.15) is 0 Å². The van der Waals surface area contributed by atoms with Gasteiger partial charge in [0, 0.05) is 38.1 Å². The zero-order valence-corrected chi connectivity index (χ0v) is 14.0. The van der Waals surface area contributed by atoms with Crippen molar-refractivity contribution in [2.75, 3.05) is 17.3 Å². The van der Waals surface area contributed by atoms with Crippen LogP contribution in [0.25, 0.3) is 0 Å². The molecule has 2 aromatic heterocycles. The van der Waals surface area contributed by atoms with Crippen molar-refractivity contribution >= 4 is 11.6 Å². The molecule has 0 aliphatic rings. The lowest BCUT2D eigenvalue weighted by atomic mass is 10.2. The smallest absolute Gasteiger partial charge is 0.133 e. The van der Waals surface area contributed by atoms with Crippen LogP contribution in [-0.2, 0) is 13.1 Å². The van der Waals surface area contributed by atoms with Crippen LogP contribution >= 0.6 is 0 Å². The summed E-state index contributed by atoms with van der Waals surface area (Å²) >= 11 is 0. The first-order valence-electron chi connectivity index (χ1n) is 7.95. The summed E-state index contributed by atoms with van der Waals surface area (Å²) in [6, 6.07) is 16.3. The number of aromatic nitrogens is 3. The van der Waals surface area contributed by atoms with Gasteiger partial charge in [-0.25, -0.2) is 15.0 Å². The molecule has 0 atom stereocenters. The van der Waals surface area contributed by atoms with Crippen LogP contribution in [0.3, 0.4) is 0 Å². The standard InChI is InChI=1S/C19H21N5/c1-15-20-12-10-18(23-15)22-13-17-9-6-11-21-19(17)24(2)14-16-7-4-3-5-8-16/h3-12H,13-14H2,1-2H3,(H,20,22,23). The number of rotatable bonds is 6. The Kier molecular flexibility index (Phi) is 5.01. The van der Waals surface area contributed by atoms with E-state index in [4.69, 9.17) is 0 Å². The maximum Gasteiger partial charge on any atom is 0.133 e. The van der Waals surface area contributed by atoms with E-state index in [1.54, 1.807) is 6.20 Å². The Morgan fingerprint density at radius 2 is 1.79 bits per heavy atom. The summed E-state index contributed by atoms with van der Waals surface area (Å²) in [5, 5.41) is 3.34. The third-order valence-electron chi connectivity index (χ3n) is 3.73. The number of nitrogens with one attached hydrogen (secondary N) is 1. The van der Waals surface area contributed by atoms with E-state index in [0.29, 0.717) is 6.54 Å². The van der Waals surface area contributed by atoms with Crippen molar-refractivity contribution in [3.63, 3.8) is 0 Å². The summed E-state index contributed by atoms with van der Waals surface area (Å²) in [5.74, 6) is 2.55.